The van der Waals surface area contributed by atoms with E-state index in [-0.39, 0.29) is 11.5 Å². The van der Waals surface area contributed by atoms with Crippen LogP contribution in [-0.2, 0) is 0 Å². The van der Waals surface area contributed by atoms with Crippen LogP contribution in [0.3, 0.4) is 0 Å². The van der Waals surface area contributed by atoms with Gasteiger partial charge in [-0.2, -0.15) is 5.26 Å². The minimum atomic E-state index is -0.575. The molecule has 4 rings (SSSR count). The maximum Gasteiger partial charge on any atom is 0.253 e. The van der Waals surface area contributed by atoms with E-state index < -0.39 is 5.82 Å². The van der Waals surface area contributed by atoms with Crippen molar-refractivity contribution in [3.8, 4) is 34.3 Å². The molecule has 2 aromatic heterocycles. The predicted molar refractivity (Wildman–Crippen MR) is 114 cm³/mol. The highest BCUT2D eigenvalue weighted by atomic mass is 19.1. The largest absolute Gasteiger partial charge is 0.496 e. The van der Waals surface area contributed by atoms with Gasteiger partial charge in [0.2, 0.25) is 0 Å². The quantitative estimate of drug-likeness (QED) is 0.474. The van der Waals surface area contributed by atoms with Crippen LogP contribution in [0.25, 0.3) is 33.6 Å². The lowest BCUT2D eigenvalue weighted by atomic mass is 10.0. The summed E-state index contributed by atoms with van der Waals surface area (Å²) in [6.45, 7) is 0. The summed E-state index contributed by atoms with van der Waals surface area (Å²) in [6, 6.07) is 14.8. The molecule has 1 amide bonds. The number of aromatic nitrogens is 1. The molecule has 0 radical (unpaired) electrons. The number of methoxy groups -OCH3 is 1. The molecule has 0 atom stereocenters. The number of pyridine rings is 1. The topological polar surface area (TPSA) is 79.4 Å². The first-order valence-corrected chi connectivity index (χ1v) is 9.41. The van der Waals surface area contributed by atoms with Gasteiger partial charge in [-0.25, -0.2) is 4.39 Å². The number of halogens is 1. The van der Waals surface area contributed by atoms with Gasteiger partial charge in [-0.3, -0.25) is 9.78 Å². The van der Waals surface area contributed by atoms with Gasteiger partial charge in [0.25, 0.3) is 5.91 Å². The predicted octanol–water partition coefficient (Wildman–Crippen LogP) is 4.88. The summed E-state index contributed by atoms with van der Waals surface area (Å²) in [5.41, 5.74) is 3.55. The van der Waals surface area contributed by atoms with E-state index >= 15 is 0 Å². The van der Waals surface area contributed by atoms with E-state index in [0.717, 1.165) is 0 Å². The lowest BCUT2D eigenvalue weighted by molar-refractivity contribution is 0.0827. The van der Waals surface area contributed by atoms with E-state index in [4.69, 9.17) is 14.4 Å². The zero-order chi connectivity index (χ0) is 22.1. The van der Waals surface area contributed by atoms with Crippen LogP contribution in [0.5, 0.6) is 5.75 Å². The Morgan fingerprint density at radius 2 is 1.94 bits per heavy atom. The Morgan fingerprint density at radius 3 is 2.65 bits per heavy atom. The second-order valence-electron chi connectivity index (χ2n) is 7.10. The van der Waals surface area contributed by atoms with Crippen molar-refractivity contribution in [3.05, 3.63) is 71.7 Å². The summed E-state index contributed by atoms with van der Waals surface area (Å²) in [7, 11) is 4.89. The number of carbonyl (C=O) groups is 1. The fraction of sp³-hybridized carbons (Fsp3) is 0.125. The number of nitrogens with zero attached hydrogens (tertiary/aromatic N) is 3. The third kappa shape index (κ3) is 3.60. The van der Waals surface area contributed by atoms with Crippen LogP contribution in [0.15, 0.2) is 59.1 Å². The molecule has 0 fully saturated rings. The number of benzene rings is 2. The number of furan rings is 1. The molecular weight excluding hydrogens is 397 g/mol. The van der Waals surface area contributed by atoms with Gasteiger partial charge in [0.15, 0.2) is 5.58 Å². The number of nitriles is 1. The molecule has 0 bridgehead atoms. The minimum absolute atomic E-state index is 0.0444. The number of fused-ring (bicyclic) bond motifs is 1. The van der Waals surface area contributed by atoms with Gasteiger partial charge in [-0.05, 0) is 42.0 Å². The van der Waals surface area contributed by atoms with Crippen LogP contribution in [0.2, 0.25) is 0 Å². The molecule has 0 spiro atoms. The van der Waals surface area contributed by atoms with Gasteiger partial charge in [-0.15, -0.1) is 0 Å². The molecule has 0 N–H and O–H groups in total. The summed E-state index contributed by atoms with van der Waals surface area (Å²) >= 11 is 0. The average Bonchev–Trinajstić information content (AvgIpc) is 3.22. The molecular formula is C24H18FN3O3. The van der Waals surface area contributed by atoms with Gasteiger partial charge < -0.3 is 14.1 Å². The van der Waals surface area contributed by atoms with Crippen molar-refractivity contribution >= 4 is 17.0 Å². The first kappa shape index (κ1) is 20.1. The Hall–Kier alpha value is -4.18. The number of rotatable bonds is 4. The molecule has 2 aromatic carbocycles. The molecule has 0 aliphatic heterocycles. The van der Waals surface area contributed by atoms with Gasteiger partial charge in [0.05, 0.1) is 18.2 Å². The summed E-state index contributed by atoms with van der Waals surface area (Å²) in [5, 5.41) is 9.14. The van der Waals surface area contributed by atoms with Gasteiger partial charge in [0, 0.05) is 37.5 Å². The molecule has 31 heavy (non-hydrogen) atoms. The highest BCUT2D eigenvalue weighted by molar-refractivity contribution is 5.96. The Kier molecular flexibility index (Phi) is 5.14. The van der Waals surface area contributed by atoms with Crippen molar-refractivity contribution in [1.82, 2.24) is 9.88 Å². The van der Waals surface area contributed by atoms with Gasteiger partial charge in [0.1, 0.15) is 28.9 Å². The molecule has 0 aliphatic rings. The van der Waals surface area contributed by atoms with E-state index in [2.05, 4.69) is 4.98 Å². The first-order chi connectivity index (χ1) is 14.9. The Morgan fingerprint density at radius 1 is 1.13 bits per heavy atom. The van der Waals surface area contributed by atoms with E-state index in [1.54, 1.807) is 56.7 Å². The van der Waals surface area contributed by atoms with Gasteiger partial charge >= 0.3 is 0 Å². The van der Waals surface area contributed by atoms with Crippen LogP contribution >= 0.6 is 0 Å². The summed E-state index contributed by atoms with van der Waals surface area (Å²) in [4.78, 5) is 18.1. The van der Waals surface area contributed by atoms with E-state index in [0.29, 0.717) is 44.9 Å². The van der Waals surface area contributed by atoms with Crippen molar-refractivity contribution in [2.45, 2.75) is 0 Å². The molecule has 0 saturated heterocycles. The monoisotopic (exact) mass is 415 g/mol. The minimum Gasteiger partial charge on any atom is -0.496 e. The number of hydrogen-bond acceptors (Lipinski definition) is 5. The number of ether oxygens (including phenoxy) is 1. The highest BCUT2D eigenvalue weighted by Gasteiger charge is 2.18. The van der Waals surface area contributed by atoms with E-state index in [1.807, 2.05) is 6.07 Å². The third-order valence-electron chi connectivity index (χ3n) is 4.93. The van der Waals surface area contributed by atoms with E-state index in [9.17, 15) is 9.18 Å². The fourth-order valence-electron chi connectivity index (χ4n) is 3.36. The molecule has 4 aromatic rings. The Balaban J connectivity index is 1.84. The normalized spacial score (nSPS) is 10.7. The van der Waals surface area contributed by atoms with Crippen molar-refractivity contribution in [2.75, 3.05) is 21.2 Å². The van der Waals surface area contributed by atoms with Crippen LogP contribution < -0.4 is 4.74 Å². The van der Waals surface area contributed by atoms with Crippen LogP contribution in [0.4, 0.5) is 4.39 Å². The first-order valence-electron chi connectivity index (χ1n) is 9.41. The van der Waals surface area contributed by atoms with Crippen molar-refractivity contribution < 1.29 is 18.3 Å². The molecule has 7 heteroatoms. The maximum atomic E-state index is 13.7. The van der Waals surface area contributed by atoms with Crippen molar-refractivity contribution in [3.63, 3.8) is 0 Å². The number of carbonyl (C=O) groups excluding carboxylic acids is 1. The summed E-state index contributed by atoms with van der Waals surface area (Å²) < 4.78 is 25.4. The van der Waals surface area contributed by atoms with Crippen LogP contribution in [0, 0.1) is 17.1 Å². The van der Waals surface area contributed by atoms with Crippen molar-refractivity contribution in [1.29, 1.82) is 5.26 Å². The van der Waals surface area contributed by atoms with Crippen LogP contribution in [0.1, 0.15) is 15.9 Å². The second kappa shape index (κ2) is 7.92. The van der Waals surface area contributed by atoms with E-state index in [1.165, 1.54) is 24.1 Å². The van der Waals surface area contributed by atoms with Gasteiger partial charge in [-0.1, -0.05) is 6.07 Å². The Bertz CT molecular complexity index is 1350. The molecule has 6 nitrogen and oxygen atoms in total. The second-order valence-corrected chi connectivity index (χ2v) is 7.10. The SMILES string of the molecule is COc1cc(C(=O)N(C)C)ccc1-c1cc2nccc(-c3ccc(F)c(C#N)c3)c2o1. The standard InChI is InChI=1S/C24H18FN3O3/c1-28(2)24(29)15-4-6-18(21(11-15)30-3)22-12-20-23(31-22)17(8-9-27-20)14-5-7-19(25)16(10-14)13-26/h4-12H,1-3H3. The molecule has 0 aliphatic carbocycles. The number of hydrogen-bond donors (Lipinski definition) is 0. The summed E-state index contributed by atoms with van der Waals surface area (Å²) in [5.74, 6) is 0.289. The van der Waals surface area contributed by atoms with Crippen molar-refractivity contribution in [2.24, 2.45) is 0 Å². The number of amides is 1. The lowest BCUT2D eigenvalue weighted by Crippen LogP contribution is -2.21. The zero-order valence-corrected chi connectivity index (χ0v) is 17.1. The molecule has 154 valence electrons. The summed E-state index contributed by atoms with van der Waals surface area (Å²) in [6.07, 6.45) is 1.63. The zero-order valence-electron chi connectivity index (χ0n) is 17.1. The lowest BCUT2D eigenvalue weighted by Gasteiger charge is -2.12. The highest BCUT2D eigenvalue weighted by Crippen LogP contribution is 2.37. The fourth-order valence-corrected chi connectivity index (χ4v) is 3.36. The Labute approximate surface area is 178 Å². The molecule has 0 saturated carbocycles. The molecule has 0 unspecified atom stereocenters. The molecule has 2 heterocycles. The maximum absolute atomic E-state index is 13.7. The smallest absolute Gasteiger partial charge is 0.253 e. The third-order valence-corrected chi connectivity index (χ3v) is 4.93. The average molecular weight is 415 g/mol. The van der Waals surface area contributed by atoms with Crippen LogP contribution in [-0.4, -0.2) is 37.0 Å².